The van der Waals surface area contributed by atoms with E-state index in [9.17, 15) is 4.79 Å². The van der Waals surface area contributed by atoms with Crippen molar-refractivity contribution in [2.24, 2.45) is 0 Å². The first-order chi connectivity index (χ1) is 12.8. The maximum Gasteiger partial charge on any atom is 0.258 e. The smallest absolute Gasteiger partial charge is 0.258 e. The molecule has 0 bridgehead atoms. The van der Waals surface area contributed by atoms with Crippen LogP contribution in [-0.4, -0.2) is 36.0 Å². The van der Waals surface area contributed by atoms with Gasteiger partial charge in [0.1, 0.15) is 5.82 Å². The van der Waals surface area contributed by atoms with Gasteiger partial charge >= 0.3 is 0 Å². The number of hydrogen-bond acceptors (Lipinski definition) is 5. The lowest BCUT2D eigenvalue weighted by Crippen LogP contribution is -2.27. The van der Waals surface area contributed by atoms with Gasteiger partial charge in [0.2, 0.25) is 0 Å². The van der Waals surface area contributed by atoms with E-state index in [4.69, 9.17) is 4.98 Å². The Balaban J connectivity index is 1.50. The lowest BCUT2D eigenvalue weighted by Gasteiger charge is -2.22. The molecule has 5 rings (SSSR count). The van der Waals surface area contributed by atoms with Gasteiger partial charge in [0, 0.05) is 6.20 Å². The molecule has 0 radical (unpaired) electrons. The fourth-order valence-corrected chi connectivity index (χ4v) is 3.77. The quantitative estimate of drug-likeness (QED) is 0.616. The molecule has 1 saturated heterocycles. The van der Waals surface area contributed by atoms with Crippen LogP contribution in [0.3, 0.4) is 0 Å². The van der Waals surface area contributed by atoms with E-state index in [1.807, 2.05) is 47.0 Å². The number of pyridine rings is 1. The third-order valence-electron chi connectivity index (χ3n) is 5.04. The number of benzene rings is 1. The maximum absolute atomic E-state index is 12.4. The Morgan fingerprint density at radius 2 is 2.00 bits per heavy atom. The fourth-order valence-electron chi connectivity index (χ4n) is 3.77. The summed E-state index contributed by atoms with van der Waals surface area (Å²) in [7, 11) is 0. The average molecular weight is 346 g/mol. The van der Waals surface area contributed by atoms with Gasteiger partial charge in [0.05, 0.1) is 23.5 Å². The van der Waals surface area contributed by atoms with Gasteiger partial charge in [-0.3, -0.25) is 14.1 Å². The summed E-state index contributed by atoms with van der Waals surface area (Å²) < 4.78 is 2.01. The van der Waals surface area contributed by atoms with Crippen LogP contribution >= 0.6 is 0 Å². The predicted octanol–water partition coefficient (Wildman–Crippen LogP) is 2.30. The average Bonchev–Trinajstić information content (AvgIpc) is 3.30. The lowest BCUT2D eigenvalue weighted by atomic mass is 10.2. The summed E-state index contributed by atoms with van der Waals surface area (Å²) in [6, 6.07) is 13.4. The van der Waals surface area contributed by atoms with Gasteiger partial charge in [-0.15, -0.1) is 10.2 Å². The highest BCUT2D eigenvalue weighted by Crippen LogP contribution is 2.31. The Hall–Kier alpha value is -3.06. The molecule has 0 amide bonds. The molecule has 4 heterocycles. The van der Waals surface area contributed by atoms with Crippen molar-refractivity contribution in [2.75, 3.05) is 6.54 Å². The standard InChI is InChI=1S/C19H18N6O/c26-19-13-6-1-2-7-14(13)20-18(21-19)15-8-5-10-24(15)12-17-23-22-16-9-3-4-11-25(16)17/h1-4,6-7,9,11,15H,5,8,10,12H2,(H,20,21,26). The van der Waals surface area contributed by atoms with Gasteiger partial charge < -0.3 is 4.98 Å². The van der Waals surface area contributed by atoms with Crippen LogP contribution in [0.25, 0.3) is 16.6 Å². The molecule has 1 aliphatic rings. The monoisotopic (exact) mass is 346 g/mol. The second-order valence-corrected chi connectivity index (χ2v) is 6.64. The van der Waals surface area contributed by atoms with Crippen LogP contribution in [0.4, 0.5) is 0 Å². The Kier molecular flexibility index (Phi) is 3.53. The van der Waals surface area contributed by atoms with Gasteiger partial charge in [0.25, 0.3) is 5.56 Å². The zero-order valence-electron chi connectivity index (χ0n) is 14.2. The summed E-state index contributed by atoms with van der Waals surface area (Å²) in [5.74, 6) is 1.63. The largest absolute Gasteiger partial charge is 0.309 e. The second-order valence-electron chi connectivity index (χ2n) is 6.64. The molecule has 7 nitrogen and oxygen atoms in total. The van der Waals surface area contributed by atoms with Crippen molar-refractivity contribution in [3.8, 4) is 0 Å². The topological polar surface area (TPSA) is 79.2 Å². The molecule has 26 heavy (non-hydrogen) atoms. The number of fused-ring (bicyclic) bond motifs is 2. The normalized spacial score (nSPS) is 18.1. The molecular weight excluding hydrogens is 328 g/mol. The summed E-state index contributed by atoms with van der Waals surface area (Å²) in [5.41, 5.74) is 1.51. The number of H-pyrrole nitrogens is 1. The minimum atomic E-state index is -0.0784. The van der Waals surface area contributed by atoms with E-state index >= 15 is 0 Å². The number of hydrogen-bond donors (Lipinski definition) is 1. The number of nitrogens with one attached hydrogen (secondary N) is 1. The van der Waals surface area contributed by atoms with Crippen LogP contribution in [0, 0.1) is 0 Å². The lowest BCUT2D eigenvalue weighted by molar-refractivity contribution is 0.233. The summed E-state index contributed by atoms with van der Waals surface area (Å²) in [6.45, 7) is 1.62. The van der Waals surface area contributed by atoms with Gasteiger partial charge in [-0.2, -0.15) is 0 Å². The molecule has 130 valence electrons. The number of aromatic nitrogens is 5. The molecule has 1 aliphatic heterocycles. The molecule has 1 unspecified atom stereocenters. The number of aromatic amines is 1. The zero-order chi connectivity index (χ0) is 17.5. The first-order valence-electron chi connectivity index (χ1n) is 8.81. The van der Waals surface area contributed by atoms with Crippen LogP contribution in [0.1, 0.15) is 30.5 Å². The van der Waals surface area contributed by atoms with Crippen LogP contribution < -0.4 is 5.56 Å². The summed E-state index contributed by atoms with van der Waals surface area (Å²) >= 11 is 0. The van der Waals surface area contributed by atoms with Crippen molar-refractivity contribution in [3.05, 3.63) is 70.7 Å². The van der Waals surface area contributed by atoms with Crippen molar-refractivity contribution in [3.63, 3.8) is 0 Å². The van der Waals surface area contributed by atoms with Crippen molar-refractivity contribution in [1.29, 1.82) is 0 Å². The molecule has 0 saturated carbocycles. The molecule has 1 atom stereocenters. The van der Waals surface area contributed by atoms with E-state index in [0.717, 1.165) is 42.2 Å². The highest BCUT2D eigenvalue weighted by Gasteiger charge is 2.29. The Morgan fingerprint density at radius 3 is 2.96 bits per heavy atom. The van der Waals surface area contributed by atoms with Crippen molar-refractivity contribution in [2.45, 2.75) is 25.4 Å². The number of rotatable bonds is 3. The number of para-hydroxylation sites is 1. The molecule has 3 aromatic heterocycles. The van der Waals surface area contributed by atoms with Crippen LogP contribution in [-0.2, 0) is 6.54 Å². The van der Waals surface area contributed by atoms with Crippen LogP contribution in [0.15, 0.2) is 53.5 Å². The Morgan fingerprint density at radius 1 is 1.12 bits per heavy atom. The first kappa shape index (κ1) is 15.2. The van der Waals surface area contributed by atoms with E-state index in [0.29, 0.717) is 11.9 Å². The molecule has 1 aromatic carbocycles. The molecule has 1 N–H and O–H groups in total. The number of nitrogens with zero attached hydrogens (tertiary/aromatic N) is 5. The predicted molar refractivity (Wildman–Crippen MR) is 97.7 cm³/mol. The minimum Gasteiger partial charge on any atom is -0.309 e. The third kappa shape index (κ3) is 2.48. The highest BCUT2D eigenvalue weighted by atomic mass is 16.1. The van der Waals surface area contributed by atoms with Gasteiger partial charge in [-0.25, -0.2) is 4.98 Å². The second kappa shape index (κ2) is 6.03. The molecule has 0 spiro atoms. The van der Waals surface area contributed by atoms with E-state index in [2.05, 4.69) is 20.1 Å². The number of likely N-dealkylation sites (tertiary alicyclic amines) is 1. The summed E-state index contributed by atoms with van der Waals surface area (Å²) in [6.07, 6.45) is 4.02. The van der Waals surface area contributed by atoms with Gasteiger partial charge in [-0.1, -0.05) is 18.2 Å². The SMILES string of the molecule is O=c1[nH]c(C2CCCN2Cc2nnc3ccccn23)nc2ccccc12. The molecule has 4 aromatic rings. The minimum absolute atomic E-state index is 0.0784. The van der Waals surface area contributed by atoms with Crippen LogP contribution in [0.5, 0.6) is 0 Å². The van der Waals surface area contributed by atoms with Crippen LogP contribution in [0.2, 0.25) is 0 Å². The molecule has 7 heteroatoms. The Bertz CT molecular complexity index is 1150. The highest BCUT2D eigenvalue weighted by molar-refractivity contribution is 5.77. The van der Waals surface area contributed by atoms with Crippen molar-refractivity contribution < 1.29 is 0 Å². The van der Waals surface area contributed by atoms with Gasteiger partial charge in [-0.05, 0) is 43.7 Å². The molecule has 1 fully saturated rings. The van der Waals surface area contributed by atoms with Gasteiger partial charge in [0.15, 0.2) is 11.5 Å². The van der Waals surface area contributed by atoms with E-state index in [-0.39, 0.29) is 11.6 Å². The first-order valence-corrected chi connectivity index (χ1v) is 8.81. The molecular formula is C19H18N6O. The van der Waals surface area contributed by atoms with E-state index in [1.165, 1.54) is 0 Å². The van der Waals surface area contributed by atoms with E-state index in [1.54, 1.807) is 6.07 Å². The maximum atomic E-state index is 12.4. The van der Waals surface area contributed by atoms with E-state index < -0.39 is 0 Å². The van der Waals surface area contributed by atoms with Crippen molar-refractivity contribution in [1.82, 2.24) is 29.5 Å². The van der Waals surface area contributed by atoms with Crippen molar-refractivity contribution >= 4 is 16.6 Å². The summed E-state index contributed by atoms with van der Waals surface area (Å²) in [5, 5.41) is 9.19. The third-order valence-corrected chi connectivity index (χ3v) is 5.04. The zero-order valence-corrected chi connectivity index (χ0v) is 14.2. The fraction of sp³-hybridized carbons (Fsp3) is 0.263. The Labute approximate surface area is 149 Å². The summed E-state index contributed by atoms with van der Waals surface area (Å²) in [4.78, 5) is 22.4. The molecule has 0 aliphatic carbocycles.